The van der Waals surface area contributed by atoms with E-state index < -0.39 is 29.1 Å². The standard InChI is InChI=1S/C24H20ClF3N4O3/c25-18-5-6-19(20(9-18)24(26,27)28)16-3-1-15(2-4-16)10-31-22(34)23(7-8-35-13-23)32-21(33)17-11-29-14-30-12-17/h1-6,9,11-12,14H,7-8,10,13H2,(H,31,34)(H,32,33)/t23-/m0/s1. The number of halogens is 4. The lowest BCUT2D eigenvalue weighted by Gasteiger charge is -2.27. The topological polar surface area (TPSA) is 93.2 Å². The van der Waals surface area contributed by atoms with Crippen molar-refractivity contribution in [3.63, 3.8) is 0 Å². The highest BCUT2D eigenvalue weighted by atomic mass is 35.5. The molecule has 2 amide bonds. The molecule has 2 N–H and O–H groups in total. The van der Waals surface area contributed by atoms with Gasteiger partial charge in [0.05, 0.1) is 17.7 Å². The zero-order valence-electron chi connectivity index (χ0n) is 18.2. The highest BCUT2D eigenvalue weighted by molar-refractivity contribution is 6.30. The van der Waals surface area contributed by atoms with E-state index in [4.69, 9.17) is 16.3 Å². The maximum Gasteiger partial charge on any atom is 0.417 e. The first kappa shape index (κ1) is 24.6. The van der Waals surface area contributed by atoms with Gasteiger partial charge in [-0.3, -0.25) is 9.59 Å². The van der Waals surface area contributed by atoms with Gasteiger partial charge in [0, 0.05) is 37.0 Å². The third-order valence-electron chi connectivity index (χ3n) is 5.64. The lowest BCUT2D eigenvalue weighted by atomic mass is 9.96. The number of nitrogens with zero attached hydrogens (tertiary/aromatic N) is 2. The first-order valence-corrected chi connectivity index (χ1v) is 11.0. The average Bonchev–Trinajstić information content (AvgIpc) is 3.32. The van der Waals surface area contributed by atoms with Crippen molar-refractivity contribution in [2.45, 2.75) is 24.7 Å². The van der Waals surface area contributed by atoms with Crippen LogP contribution in [0.25, 0.3) is 11.1 Å². The van der Waals surface area contributed by atoms with Crippen LogP contribution in [0.5, 0.6) is 0 Å². The van der Waals surface area contributed by atoms with Gasteiger partial charge in [0.2, 0.25) is 5.91 Å². The predicted octanol–water partition coefficient (Wildman–Crippen LogP) is 4.02. The zero-order valence-corrected chi connectivity index (χ0v) is 19.0. The third kappa shape index (κ3) is 5.60. The van der Waals surface area contributed by atoms with Crippen LogP contribution in [-0.4, -0.2) is 40.5 Å². The van der Waals surface area contributed by atoms with Crippen molar-refractivity contribution >= 4 is 23.4 Å². The predicted molar refractivity (Wildman–Crippen MR) is 121 cm³/mol. The van der Waals surface area contributed by atoms with Crippen LogP contribution in [0.2, 0.25) is 5.02 Å². The first-order chi connectivity index (χ1) is 16.7. The molecule has 182 valence electrons. The fraction of sp³-hybridized carbons (Fsp3) is 0.250. The summed E-state index contributed by atoms with van der Waals surface area (Å²) in [7, 11) is 0. The second-order valence-corrected chi connectivity index (χ2v) is 8.47. The molecule has 0 radical (unpaired) electrons. The molecule has 1 aromatic heterocycles. The van der Waals surface area contributed by atoms with Gasteiger partial charge < -0.3 is 15.4 Å². The molecular formula is C24H20ClF3N4O3. The largest absolute Gasteiger partial charge is 0.417 e. The number of rotatable bonds is 6. The van der Waals surface area contributed by atoms with Gasteiger partial charge in [0.15, 0.2) is 0 Å². The fourth-order valence-electron chi connectivity index (χ4n) is 3.76. The average molecular weight is 505 g/mol. The molecule has 2 heterocycles. The Balaban J connectivity index is 1.45. The summed E-state index contributed by atoms with van der Waals surface area (Å²) < 4.78 is 45.7. The van der Waals surface area contributed by atoms with Crippen LogP contribution in [0.4, 0.5) is 13.2 Å². The summed E-state index contributed by atoms with van der Waals surface area (Å²) in [6.45, 7) is 0.419. The van der Waals surface area contributed by atoms with Crippen molar-refractivity contribution < 1.29 is 27.5 Å². The van der Waals surface area contributed by atoms with Crippen molar-refractivity contribution in [1.82, 2.24) is 20.6 Å². The van der Waals surface area contributed by atoms with Crippen LogP contribution in [-0.2, 0) is 22.3 Å². The van der Waals surface area contributed by atoms with E-state index in [-0.39, 0.29) is 35.7 Å². The number of carbonyl (C=O) groups is 2. The first-order valence-electron chi connectivity index (χ1n) is 10.6. The quantitative estimate of drug-likeness (QED) is 0.529. The summed E-state index contributed by atoms with van der Waals surface area (Å²) in [6, 6.07) is 9.97. The van der Waals surface area contributed by atoms with E-state index in [1.54, 1.807) is 24.3 Å². The summed E-state index contributed by atoms with van der Waals surface area (Å²) in [4.78, 5) is 33.2. The van der Waals surface area contributed by atoms with Gasteiger partial charge in [-0.25, -0.2) is 9.97 Å². The molecule has 7 nitrogen and oxygen atoms in total. The molecule has 4 rings (SSSR count). The smallest absolute Gasteiger partial charge is 0.378 e. The van der Waals surface area contributed by atoms with E-state index in [1.807, 2.05) is 0 Å². The number of hydrogen-bond acceptors (Lipinski definition) is 5. The lowest BCUT2D eigenvalue weighted by Crippen LogP contribution is -2.59. The van der Waals surface area contributed by atoms with Gasteiger partial charge in [0.1, 0.15) is 11.9 Å². The van der Waals surface area contributed by atoms with E-state index in [0.29, 0.717) is 17.7 Å². The minimum atomic E-state index is -4.55. The van der Waals surface area contributed by atoms with E-state index in [2.05, 4.69) is 20.6 Å². The summed E-state index contributed by atoms with van der Waals surface area (Å²) in [5.74, 6) is -0.930. The Labute approximate surface area is 203 Å². The molecule has 11 heteroatoms. The van der Waals surface area contributed by atoms with E-state index in [0.717, 1.165) is 6.07 Å². The van der Waals surface area contributed by atoms with Gasteiger partial charge in [-0.2, -0.15) is 13.2 Å². The molecule has 35 heavy (non-hydrogen) atoms. The number of ether oxygens (including phenoxy) is 1. The summed E-state index contributed by atoms with van der Waals surface area (Å²) >= 11 is 5.76. The summed E-state index contributed by atoms with van der Waals surface area (Å²) in [6.07, 6.45) is -0.290. The van der Waals surface area contributed by atoms with Crippen molar-refractivity contribution in [3.8, 4) is 11.1 Å². The van der Waals surface area contributed by atoms with Crippen LogP contribution in [0.3, 0.4) is 0 Å². The fourth-order valence-corrected chi connectivity index (χ4v) is 3.93. The molecule has 0 saturated carbocycles. The Morgan fingerprint density at radius 2 is 1.80 bits per heavy atom. The van der Waals surface area contributed by atoms with Gasteiger partial charge >= 0.3 is 6.18 Å². The Morgan fingerprint density at radius 3 is 2.43 bits per heavy atom. The minimum Gasteiger partial charge on any atom is -0.378 e. The number of benzene rings is 2. The van der Waals surface area contributed by atoms with Crippen LogP contribution < -0.4 is 10.6 Å². The number of alkyl halides is 3. The maximum atomic E-state index is 13.4. The number of carbonyl (C=O) groups excluding carboxylic acids is 2. The van der Waals surface area contributed by atoms with Crippen molar-refractivity contribution in [3.05, 3.63) is 82.9 Å². The molecule has 0 unspecified atom stereocenters. The van der Waals surface area contributed by atoms with Crippen molar-refractivity contribution in [1.29, 1.82) is 0 Å². The van der Waals surface area contributed by atoms with Crippen molar-refractivity contribution in [2.24, 2.45) is 0 Å². The summed E-state index contributed by atoms with van der Waals surface area (Å²) in [5.41, 5.74) is -0.829. The molecule has 1 aliphatic rings. The number of amides is 2. The van der Waals surface area contributed by atoms with Crippen LogP contribution >= 0.6 is 11.6 Å². The van der Waals surface area contributed by atoms with Gasteiger partial charge in [0.25, 0.3) is 5.91 Å². The van der Waals surface area contributed by atoms with Crippen molar-refractivity contribution in [2.75, 3.05) is 13.2 Å². The lowest BCUT2D eigenvalue weighted by molar-refractivity contribution is -0.137. The summed E-state index contributed by atoms with van der Waals surface area (Å²) in [5, 5.41) is 5.50. The molecule has 3 aromatic rings. The molecule has 2 aromatic carbocycles. The highest BCUT2D eigenvalue weighted by Crippen LogP contribution is 2.38. The maximum absolute atomic E-state index is 13.4. The monoisotopic (exact) mass is 504 g/mol. The molecule has 1 atom stereocenters. The van der Waals surface area contributed by atoms with E-state index >= 15 is 0 Å². The Hall–Kier alpha value is -3.50. The van der Waals surface area contributed by atoms with Crippen LogP contribution in [0, 0.1) is 0 Å². The number of hydrogen-bond donors (Lipinski definition) is 2. The molecule has 1 fully saturated rings. The molecular weight excluding hydrogens is 485 g/mol. The van der Waals surface area contributed by atoms with Crippen LogP contribution in [0.15, 0.2) is 61.2 Å². The Bertz CT molecular complexity index is 1210. The normalized spacial score (nSPS) is 17.7. The Kier molecular flexibility index (Phi) is 7.04. The minimum absolute atomic E-state index is 0.00268. The van der Waals surface area contributed by atoms with Gasteiger partial charge in [-0.05, 0) is 28.8 Å². The molecule has 1 saturated heterocycles. The zero-order chi connectivity index (χ0) is 25.1. The molecule has 0 bridgehead atoms. The second kappa shape index (κ2) is 10.0. The van der Waals surface area contributed by atoms with E-state index in [9.17, 15) is 22.8 Å². The number of aromatic nitrogens is 2. The Morgan fingerprint density at radius 1 is 1.09 bits per heavy atom. The second-order valence-electron chi connectivity index (χ2n) is 8.03. The highest BCUT2D eigenvalue weighted by Gasteiger charge is 2.43. The third-order valence-corrected chi connectivity index (χ3v) is 5.87. The molecule has 0 spiro atoms. The van der Waals surface area contributed by atoms with E-state index in [1.165, 1.54) is 30.9 Å². The van der Waals surface area contributed by atoms with Gasteiger partial charge in [-0.15, -0.1) is 0 Å². The number of nitrogens with one attached hydrogen (secondary N) is 2. The van der Waals surface area contributed by atoms with Gasteiger partial charge in [-0.1, -0.05) is 41.9 Å². The van der Waals surface area contributed by atoms with Crippen LogP contribution in [0.1, 0.15) is 27.9 Å². The SMILES string of the molecule is O=C(N[C@@]1(C(=O)NCc2ccc(-c3ccc(Cl)cc3C(F)(F)F)cc2)CCOC1)c1cncnc1. The molecule has 1 aliphatic heterocycles. The molecule has 0 aliphatic carbocycles.